The van der Waals surface area contributed by atoms with Gasteiger partial charge >= 0.3 is 5.97 Å². The number of aliphatic carboxylic acids is 1. The summed E-state index contributed by atoms with van der Waals surface area (Å²) in [5, 5.41) is 29.9. The first-order valence-electron chi connectivity index (χ1n) is 9.67. The number of aliphatic hydroxyl groups excluding tert-OH is 2. The Kier molecular flexibility index (Phi) is 16.1. The van der Waals surface area contributed by atoms with E-state index < -0.39 is 18.8 Å². The van der Waals surface area contributed by atoms with Gasteiger partial charge in [0.05, 0.1) is 13.2 Å². The SMILES string of the molecule is CCCCC/C=C/CCCCCC(=O)NCCN(CC(=O)O)C(O)CO. The van der Waals surface area contributed by atoms with Gasteiger partial charge in [0.15, 0.2) is 0 Å². The largest absolute Gasteiger partial charge is 0.480 e. The molecule has 26 heavy (non-hydrogen) atoms. The maximum absolute atomic E-state index is 11.7. The van der Waals surface area contributed by atoms with Gasteiger partial charge in [-0.05, 0) is 32.1 Å². The lowest BCUT2D eigenvalue weighted by Gasteiger charge is -2.24. The summed E-state index contributed by atoms with van der Waals surface area (Å²) in [6, 6.07) is 0. The Morgan fingerprint density at radius 3 is 2.31 bits per heavy atom. The smallest absolute Gasteiger partial charge is 0.317 e. The molecule has 0 radical (unpaired) electrons. The molecule has 152 valence electrons. The maximum atomic E-state index is 11.7. The summed E-state index contributed by atoms with van der Waals surface area (Å²) < 4.78 is 0. The van der Waals surface area contributed by atoms with Gasteiger partial charge in [-0.2, -0.15) is 0 Å². The summed E-state index contributed by atoms with van der Waals surface area (Å²) in [6.45, 7) is 1.68. The second kappa shape index (κ2) is 17.0. The lowest BCUT2D eigenvalue weighted by molar-refractivity contribution is -0.142. The van der Waals surface area contributed by atoms with Crippen LogP contribution in [0.2, 0.25) is 0 Å². The molecule has 0 bridgehead atoms. The summed E-state index contributed by atoms with van der Waals surface area (Å²) in [4.78, 5) is 23.7. The van der Waals surface area contributed by atoms with Crippen LogP contribution >= 0.6 is 0 Å². The van der Waals surface area contributed by atoms with Crippen LogP contribution in [0.3, 0.4) is 0 Å². The molecule has 0 aliphatic carbocycles. The number of aliphatic hydroxyl groups is 2. The summed E-state index contributed by atoms with van der Waals surface area (Å²) in [5.41, 5.74) is 0. The highest BCUT2D eigenvalue weighted by Gasteiger charge is 2.17. The van der Waals surface area contributed by atoms with Crippen molar-refractivity contribution in [1.29, 1.82) is 0 Å². The zero-order chi connectivity index (χ0) is 19.6. The molecule has 1 atom stereocenters. The third-order valence-corrected chi connectivity index (χ3v) is 4.06. The summed E-state index contributed by atoms with van der Waals surface area (Å²) in [7, 11) is 0. The fourth-order valence-corrected chi connectivity index (χ4v) is 2.52. The molecule has 0 spiro atoms. The molecule has 0 aliphatic rings. The number of amides is 1. The van der Waals surface area contributed by atoms with Crippen molar-refractivity contribution in [2.24, 2.45) is 0 Å². The topological polar surface area (TPSA) is 110 Å². The lowest BCUT2D eigenvalue weighted by atomic mass is 10.1. The van der Waals surface area contributed by atoms with Gasteiger partial charge in [0.25, 0.3) is 0 Å². The van der Waals surface area contributed by atoms with Crippen LogP contribution in [-0.4, -0.2) is 64.6 Å². The molecule has 0 aromatic carbocycles. The van der Waals surface area contributed by atoms with E-state index in [-0.39, 0.29) is 25.5 Å². The van der Waals surface area contributed by atoms with E-state index in [0.717, 1.165) is 32.1 Å². The Balaban J connectivity index is 3.68. The van der Waals surface area contributed by atoms with Crippen LogP contribution in [0.15, 0.2) is 12.2 Å². The first-order valence-corrected chi connectivity index (χ1v) is 9.67. The van der Waals surface area contributed by atoms with Crippen LogP contribution in [0.25, 0.3) is 0 Å². The third kappa shape index (κ3) is 14.9. The van der Waals surface area contributed by atoms with Crippen molar-refractivity contribution in [2.75, 3.05) is 26.2 Å². The predicted octanol–water partition coefficient (Wildman–Crippen LogP) is 1.89. The number of unbranched alkanes of at least 4 members (excludes halogenated alkanes) is 6. The minimum Gasteiger partial charge on any atom is -0.480 e. The second-order valence-corrected chi connectivity index (χ2v) is 6.44. The van der Waals surface area contributed by atoms with Crippen LogP contribution in [0.1, 0.15) is 64.7 Å². The van der Waals surface area contributed by atoms with Crippen molar-refractivity contribution >= 4 is 11.9 Å². The number of carboxylic acids is 1. The first kappa shape index (κ1) is 24.6. The van der Waals surface area contributed by atoms with E-state index in [0.29, 0.717) is 6.42 Å². The third-order valence-electron chi connectivity index (χ3n) is 4.06. The zero-order valence-electron chi connectivity index (χ0n) is 16.0. The maximum Gasteiger partial charge on any atom is 0.317 e. The number of nitrogens with one attached hydrogen (secondary N) is 1. The van der Waals surface area contributed by atoms with Crippen LogP contribution < -0.4 is 5.32 Å². The standard InChI is InChI=1S/C19H36N2O5/c1-2-3-4-5-6-7-8-9-10-11-12-17(23)20-13-14-21(15-19(25)26)18(24)16-22/h6-7,18,22,24H,2-5,8-16H2,1H3,(H,20,23)(H,25,26)/b7-6+. The van der Waals surface area contributed by atoms with E-state index in [4.69, 9.17) is 10.2 Å². The average Bonchev–Trinajstić information content (AvgIpc) is 2.61. The monoisotopic (exact) mass is 372 g/mol. The van der Waals surface area contributed by atoms with Crippen molar-refractivity contribution in [3.05, 3.63) is 12.2 Å². The van der Waals surface area contributed by atoms with Crippen molar-refractivity contribution in [1.82, 2.24) is 10.2 Å². The van der Waals surface area contributed by atoms with Crippen LogP contribution in [0.5, 0.6) is 0 Å². The normalized spacial score (nSPS) is 12.6. The van der Waals surface area contributed by atoms with E-state index in [9.17, 15) is 14.7 Å². The minimum absolute atomic E-state index is 0.0751. The molecule has 7 heteroatoms. The van der Waals surface area contributed by atoms with Crippen LogP contribution in [0, 0.1) is 0 Å². The van der Waals surface area contributed by atoms with Crippen molar-refractivity contribution in [3.8, 4) is 0 Å². The Hall–Kier alpha value is -1.44. The fraction of sp³-hybridized carbons (Fsp3) is 0.789. The van der Waals surface area contributed by atoms with Gasteiger partial charge < -0.3 is 20.6 Å². The Morgan fingerprint density at radius 2 is 1.73 bits per heavy atom. The van der Waals surface area contributed by atoms with E-state index in [1.54, 1.807) is 0 Å². The molecule has 0 saturated heterocycles. The van der Waals surface area contributed by atoms with Crippen molar-refractivity contribution < 1.29 is 24.9 Å². The van der Waals surface area contributed by atoms with E-state index in [2.05, 4.69) is 24.4 Å². The molecular weight excluding hydrogens is 336 g/mol. The van der Waals surface area contributed by atoms with E-state index in [1.165, 1.54) is 24.2 Å². The van der Waals surface area contributed by atoms with Gasteiger partial charge in [-0.15, -0.1) is 0 Å². The molecule has 0 fully saturated rings. The van der Waals surface area contributed by atoms with Crippen molar-refractivity contribution in [2.45, 2.75) is 70.9 Å². The highest BCUT2D eigenvalue weighted by Crippen LogP contribution is 2.05. The van der Waals surface area contributed by atoms with E-state index in [1.807, 2.05) is 0 Å². The zero-order valence-corrected chi connectivity index (χ0v) is 16.0. The summed E-state index contributed by atoms with van der Waals surface area (Å²) in [6.07, 6.45) is 12.6. The summed E-state index contributed by atoms with van der Waals surface area (Å²) >= 11 is 0. The van der Waals surface area contributed by atoms with Crippen LogP contribution in [-0.2, 0) is 9.59 Å². The number of carboxylic acid groups (broad SMARTS) is 1. The molecule has 0 saturated carbocycles. The lowest BCUT2D eigenvalue weighted by Crippen LogP contribution is -2.45. The number of nitrogens with zero attached hydrogens (tertiary/aromatic N) is 1. The quantitative estimate of drug-likeness (QED) is 0.176. The molecule has 4 N–H and O–H groups in total. The van der Waals surface area contributed by atoms with Gasteiger partial charge in [-0.25, -0.2) is 0 Å². The number of hydrogen-bond acceptors (Lipinski definition) is 5. The Bertz CT molecular complexity index is 401. The molecule has 0 aromatic rings. The van der Waals surface area contributed by atoms with Gasteiger partial charge in [0.2, 0.25) is 5.91 Å². The second-order valence-electron chi connectivity index (χ2n) is 6.44. The molecule has 0 rings (SSSR count). The van der Waals surface area contributed by atoms with Gasteiger partial charge in [-0.3, -0.25) is 14.5 Å². The molecular formula is C19H36N2O5. The number of allylic oxidation sites excluding steroid dienone is 2. The number of carbonyl (C=O) groups excluding carboxylic acids is 1. The summed E-state index contributed by atoms with van der Waals surface area (Å²) in [5.74, 6) is -1.17. The predicted molar refractivity (Wildman–Crippen MR) is 102 cm³/mol. The average molecular weight is 373 g/mol. The highest BCUT2D eigenvalue weighted by atomic mass is 16.4. The minimum atomic E-state index is -1.24. The van der Waals surface area contributed by atoms with Gasteiger partial charge in [0, 0.05) is 19.5 Å². The van der Waals surface area contributed by atoms with Gasteiger partial charge in [-0.1, -0.05) is 38.3 Å². The number of hydrogen-bond donors (Lipinski definition) is 4. The molecule has 0 aliphatic heterocycles. The molecule has 1 amide bonds. The highest BCUT2D eigenvalue weighted by molar-refractivity contribution is 5.75. The Labute approximate surface area is 157 Å². The Morgan fingerprint density at radius 1 is 1.08 bits per heavy atom. The molecule has 0 heterocycles. The molecule has 0 aromatic heterocycles. The number of rotatable bonds is 17. The van der Waals surface area contributed by atoms with E-state index >= 15 is 0 Å². The molecule has 1 unspecified atom stereocenters. The van der Waals surface area contributed by atoms with Crippen LogP contribution in [0.4, 0.5) is 0 Å². The van der Waals surface area contributed by atoms with Gasteiger partial charge in [0.1, 0.15) is 6.23 Å². The van der Waals surface area contributed by atoms with Crippen molar-refractivity contribution in [3.63, 3.8) is 0 Å². The number of carbonyl (C=O) groups is 2. The molecule has 7 nitrogen and oxygen atoms in total. The first-order chi connectivity index (χ1) is 12.5. The fourth-order valence-electron chi connectivity index (χ4n) is 2.52.